The molecule has 0 saturated heterocycles. The third-order valence-corrected chi connectivity index (χ3v) is 2.93. The fraction of sp³-hybridized carbons (Fsp3) is 0.154. The van der Waals surface area contributed by atoms with Gasteiger partial charge in [-0.25, -0.2) is 4.68 Å². The Morgan fingerprint density at radius 1 is 1.14 bits per heavy atom. The summed E-state index contributed by atoms with van der Waals surface area (Å²) < 4.78 is 1.53. The number of nitrogens with zero attached hydrogens (tertiary/aromatic N) is 7. The lowest BCUT2D eigenvalue weighted by Crippen LogP contribution is -2.21. The number of rotatable bonds is 4. The first-order valence-corrected chi connectivity index (χ1v) is 6.63. The third-order valence-electron chi connectivity index (χ3n) is 2.76. The molecule has 0 aliphatic rings. The summed E-state index contributed by atoms with van der Waals surface area (Å²) in [7, 11) is 1.87. The minimum Gasteiger partial charge on any atom is -0.338 e. The van der Waals surface area contributed by atoms with Gasteiger partial charge in [0.15, 0.2) is 0 Å². The van der Waals surface area contributed by atoms with Crippen molar-refractivity contribution < 1.29 is 0 Å². The predicted molar refractivity (Wildman–Crippen MR) is 78.3 cm³/mol. The van der Waals surface area contributed by atoms with Crippen LogP contribution in [0.4, 0.5) is 5.95 Å². The monoisotopic (exact) mass is 301 g/mol. The molecule has 8 heteroatoms. The Morgan fingerprint density at radius 3 is 2.76 bits per heavy atom. The Hall–Kier alpha value is -2.54. The number of halogens is 1. The van der Waals surface area contributed by atoms with E-state index in [-0.39, 0.29) is 5.28 Å². The zero-order valence-electron chi connectivity index (χ0n) is 11.3. The van der Waals surface area contributed by atoms with Crippen LogP contribution in [-0.2, 0) is 6.54 Å². The molecule has 0 saturated carbocycles. The normalized spacial score (nSPS) is 10.6. The Balaban J connectivity index is 1.88. The van der Waals surface area contributed by atoms with E-state index in [0.717, 1.165) is 5.69 Å². The molecule has 0 aliphatic heterocycles. The van der Waals surface area contributed by atoms with Gasteiger partial charge >= 0.3 is 0 Å². The van der Waals surface area contributed by atoms with Crippen LogP contribution >= 0.6 is 11.6 Å². The molecule has 0 fully saturated rings. The van der Waals surface area contributed by atoms with E-state index >= 15 is 0 Å². The molecule has 3 aromatic heterocycles. The summed E-state index contributed by atoms with van der Waals surface area (Å²) >= 11 is 5.97. The van der Waals surface area contributed by atoms with E-state index in [2.05, 4.69) is 25.0 Å². The van der Waals surface area contributed by atoms with Crippen molar-refractivity contribution in [3.63, 3.8) is 0 Å². The second-order valence-corrected chi connectivity index (χ2v) is 4.67. The molecule has 0 aliphatic carbocycles. The lowest BCUT2D eigenvalue weighted by atomic mass is 10.3. The molecule has 106 valence electrons. The molecule has 0 aromatic carbocycles. The summed E-state index contributed by atoms with van der Waals surface area (Å²) in [4.78, 5) is 18.7. The summed E-state index contributed by atoms with van der Waals surface area (Å²) in [5.41, 5.74) is 0.914. The highest BCUT2D eigenvalue weighted by Gasteiger charge is 2.11. The molecule has 3 heterocycles. The van der Waals surface area contributed by atoms with Gasteiger partial charge in [-0.1, -0.05) is 6.07 Å². The number of hydrogen-bond donors (Lipinski definition) is 0. The quantitative estimate of drug-likeness (QED) is 0.731. The van der Waals surface area contributed by atoms with Gasteiger partial charge in [-0.3, -0.25) is 4.98 Å². The van der Waals surface area contributed by atoms with Gasteiger partial charge < -0.3 is 4.90 Å². The Morgan fingerprint density at radius 2 is 2.05 bits per heavy atom. The van der Waals surface area contributed by atoms with Gasteiger partial charge in [0.25, 0.3) is 5.95 Å². The number of anilines is 1. The van der Waals surface area contributed by atoms with Gasteiger partial charge in [-0.15, -0.1) is 0 Å². The molecule has 0 atom stereocenters. The van der Waals surface area contributed by atoms with Crippen LogP contribution in [0.5, 0.6) is 0 Å². The van der Waals surface area contributed by atoms with Gasteiger partial charge in [0.05, 0.1) is 12.2 Å². The SMILES string of the molecule is CN(Cc1ccccn1)c1nc(Cl)nc(-n2cccn2)n1. The fourth-order valence-electron chi connectivity index (χ4n) is 1.80. The summed E-state index contributed by atoms with van der Waals surface area (Å²) in [6, 6.07) is 7.54. The Kier molecular flexibility index (Phi) is 3.74. The summed E-state index contributed by atoms with van der Waals surface area (Å²) in [5, 5.41) is 4.21. The maximum absolute atomic E-state index is 5.97. The van der Waals surface area contributed by atoms with E-state index in [1.807, 2.05) is 30.1 Å². The first-order chi connectivity index (χ1) is 10.2. The van der Waals surface area contributed by atoms with Crippen LogP contribution in [0.1, 0.15) is 5.69 Å². The van der Waals surface area contributed by atoms with E-state index in [4.69, 9.17) is 11.6 Å². The zero-order valence-corrected chi connectivity index (χ0v) is 12.0. The largest absolute Gasteiger partial charge is 0.338 e. The number of aromatic nitrogens is 6. The van der Waals surface area contributed by atoms with Crippen molar-refractivity contribution in [2.24, 2.45) is 0 Å². The minimum atomic E-state index is 0.123. The smallest absolute Gasteiger partial charge is 0.256 e. The van der Waals surface area contributed by atoms with Crippen LogP contribution in [-0.4, -0.2) is 36.8 Å². The first kappa shape index (κ1) is 13.4. The average Bonchev–Trinajstić information content (AvgIpc) is 3.02. The molecule has 3 rings (SSSR count). The third kappa shape index (κ3) is 3.14. The van der Waals surface area contributed by atoms with Crippen LogP contribution in [0.15, 0.2) is 42.9 Å². The molecule has 0 unspecified atom stereocenters. The van der Waals surface area contributed by atoms with Crippen molar-refractivity contribution in [3.8, 4) is 5.95 Å². The van der Waals surface area contributed by atoms with Crippen molar-refractivity contribution in [1.29, 1.82) is 0 Å². The van der Waals surface area contributed by atoms with Crippen molar-refractivity contribution in [2.75, 3.05) is 11.9 Å². The molecule has 0 amide bonds. The zero-order chi connectivity index (χ0) is 14.7. The highest BCUT2D eigenvalue weighted by molar-refractivity contribution is 6.28. The van der Waals surface area contributed by atoms with Gasteiger partial charge in [0.1, 0.15) is 0 Å². The van der Waals surface area contributed by atoms with E-state index < -0.39 is 0 Å². The van der Waals surface area contributed by atoms with Crippen LogP contribution in [0.3, 0.4) is 0 Å². The average molecular weight is 302 g/mol. The van der Waals surface area contributed by atoms with Crippen LogP contribution < -0.4 is 4.90 Å². The first-order valence-electron chi connectivity index (χ1n) is 6.25. The highest BCUT2D eigenvalue weighted by Crippen LogP contribution is 2.13. The lowest BCUT2D eigenvalue weighted by Gasteiger charge is -2.16. The van der Waals surface area contributed by atoms with E-state index in [0.29, 0.717) is 18.4 Å². The highest BCUT2D eigenvalue weighted by atomic mass is 35.5. The number of pyridine rings is 1. The molecule has 21 heavy (non-hydrogen) atoms. The van der Waals surface area contributed by atoms with E-state index in [1.54, 1.807) is 24.7 Å². The van der Waals surface area contributed by atoms with Gasteiger partial charge in [-0.05, 0) is 29.8 Å². The van der Waals surface area contributed by atoms with Crippen LogP contribution in [0.2, 0.25) is 5.28 Å². The Labute approximate surface area is 126 Å². The molecule has 0 bridgehead atoms. The van der Waals surface area contributed by atoms with Crippen LogP contribution in [0.25, 0.3) is 5.95 Å². The molecule has 3 aromatic rings. The molecule has 0 N–H and O–H groups in total. The lowest BCUT2D eigenvalue weighted by molar-refractivity contribution is 0.768. The second kappa shape index (κ2) is 5.84. The summed E-state index contributed by atoms with van der Waals surface area (Å²) in [5.74, 6) is 0.842. The van der Waals surface area contributed by atoms with E-state index in [1.165, 1.54) is 4.68 Å². The van der Waals surface area contributed by atoms with Gasteiger partial charge in [0, 0.05) is 25.6 Å². The van der Waals surface area contributed by atoms with Crippen molar-refractivity contribution in [3.05, 3.63) is 53.8 Å². The second-order valence-electron chi connectivity index (χ2n) is 4.33. The van der Waals surface area contributed by atoms with Crippen LogP contribution in [0, 0.1) is 0 Å². The fourth-order valence-corrected chi connectivity index (χ4v) is 1.95. The molecule has 0 spiro atoms. The van der Waals surface area contributed by atoms with Gasteiger partial charge in [0.2, 0.25) is 11.2 Å². The predicted octanol–water partition coefficient (Wildman–Crippen LogP) is 1.74. The van der Waals surface area contributed by atoms with Crippen molar-refractivity contribution in [1.82, 2.24) is 29.7 Å². The summed E-state index contributed by atoms with van der Waals surface area (Å²) in [6.45, 7) is 0.569. The maximum Gasteiger partial charge on any atom is 0.256 e. The molecular weight excluding hydrogens is 290 g/mol. The standard InChI is InChI=1S/C13H12ClN7/c1-20(9-10-5-2-3-6-15-10)12-17-11(14)18-13(19-12)21-8-4-7-16-21/h2-8H,9H2,1H3. The van der Waals surface area contributed by atoms with Crippen molar-refractivity contribution in [2.45, 2.75) is 6.54 Å². The molecule has 7 nitrogen and oxygen atoms in total. The van der Waals surface area contributed by atoms with Crippen molar-refractivity contribution >= 4 is 17.5 Å². The van der Waals surface area contributed by atoms with Gasteiger partial charge in [-0.2, -0.15) is 20.1 Å². The molecule has 0 radical (unpaired) electrons. The van der Waals surface area contributed by atoms with E-state index in [9.17, 15) is 0 Å². The summed E-state index contributed by atoms with van der Waals surface area (Å²) in [6.07, 6.45) is 5.14. The molecular formula is C13H12ClN7. The minimum absolute atomic E-state index is 0.123. The number of hydrogen-bond acceptors (Lipinski definition) is 6. The Bertz CT molecular complexity index is 715. The maximum atomic E-state index is 5.97. The topological polar surface area (TPSA) is 72.6 Å².